The summed E-state index contributed by atoms with van der Waals surface area (Å²) in [4.78, 5) is 39.9. The van der Waals surface area contributed by atoms with Crippen molar-refractivity contribution in [3.63, 3.8) is 0 Å². The maximum Gasteiger partial charge on any atom is 0.272 e. The van der Waals surface area contributed by atoms with Crippen LogP contribution in [0.5, 0.6) is 0 Å². The first-order valence-electron chi connectivity index (χ1n) is 13.6. The summed E-state index contributed by atoms with van der Waals surface area (Å²) in [6.07, 6.45) is 1.48. The fraction of sp³-hybridized carbons (Fsp3) is 0.0571. The minimum Gasteiger partial charge on any atom is -0.325 e. The van der Waals surface area contributed by atoms with Gasteiger partial charge in [0.05, 0.1) is 5.25 Å². The van der Waals surface area contributed by atoms with Gasteiger partial charge in [-0.05, 0) is 83.9 Å². The van der Waals surface area contributed by atoms with E-state index >= 15 is 0 Å². The van der Waals surface area contributed by atoms with Crippen LogP contribution in [0.1, 0.15) is 22.8 Å². The zero-order valence-electron chi connectivity index (χ0n) is 23.2. The van der Waals surface area contributed by atoms with Crippen LogP contribution in [0.15, 0.2) is 132 Å². The molecule has 5 aromatic carbocycles. The number of hydrogen-bond donors (Lipinski definition) is 3. The third-order valence-corrected chi connectivity index (χ3v) is 7.59. The fourth-order valence-corrected chi connectivity index (χ4v) is 5.21. The molecule has 0 saturated carbocycles. The monoisotopic (exact) mass is 589 g/mol. The number of hydrogen-bond acceptors (Lipinski definition) is 4. The number of fused-ring (bicyclic) bond motifs is 1. The summed E-state index contributed by atoms with van der Waals surface area (Å²) < 4.78 is 13.4. The molecule has 0 aliphatic heterocycles. The molecule has 1 unspecified atom stereocenters. The van der Waals surface area contributed by atoms with Crippen LogP contribution < -0.4 is 16.0 Å². The van der Waals surface area contributed by atoms with Gasteiger partial charge in [-0.2, -0.15) is 0 Å². The SMILES string of the molecule is CC(Sc1cccc(NC(=O)/C(=C/c2ccc(F)cc2)NC(=O)c2ccccc2)c1)C(=O)Nc1ccc2ccccc2c1. The molecule has 3 amide bonds. The Bertz CT molecular complexity index is 1810. The molecule has 5 rings (SSSR count). The molecule has 5 aromatic rings. The van der Waals surface area contributed by atoms with E-state index < -0.39 is 22.9 Å². The second-order valence-corrected chi connectivity index (χ2v) is 11.1. The Kier molecular flexibility index (Phi) is 9.29. The largest absolute Gasteiger partial charge is 0.325 e. The summed E-state index contributed by atoms with van der Waals surface area (Å²) >= 11 is 1.35. The van der Waals surface area contributed by atoms with Gasteiger partial charge in [0.25, 0.3) is 11.8 Å². The van der Waals surface area contributed by atoms with Gasteiger partial charge in [0, 0.05) is 21.8 Å². The standard InChI is InChI=1S/C35H28FN3O3S/c1-23(33(40)37-30-19-16-25-8-5-6-11-27(25)21-30)43-31-13-7-12-29(22-31)38-35(42)32(20-24-14-17-28(36)18-15-24)39-34(41)26-9-3-2-4-10-26/h2-23H,1H3,(H,37,40)(H,38,42)(H,39,41)/b32-20-. The normalized spacial score (nSPS) is 11.9. The van der Waals surface area contributed by atoms with Crippen LogP contribution in [0.3, 0.4) is 0 Å². The van der Waals surface area contributed by atoms with E-state index in [-0.39, 0.29) is 11.6 Å². The van der Waals surface area contributed by atoms with Crippen molar-refractivity contribution in [3.8, 4) is 0 Å². The number of anilines is 2. The number of halogens is 1. The molecular formula is C35H28FN3O3S. The summed E-state index contributed by atoms with van der Waals surface area (Å²) in [7, 11) is 0. The lowest BCUT2D eigenvalue weighted by Gasteiger charge is -2.14. The van der Waals surface area contributed by atoms with Gasteiger partial charge in [-0.1, -0.05) is 66.7 Å². The lowest BCUT2D eigenvalue weighted by atomic mass is 10.1. The number of benzene rings is 5. The maximum atomic E-state index is 13.4. The predicted octanol–water partition coefficient (Wildman–Crippen LogP) is 7.51. The lowest BCUT2D eigenvalue weighted by molar-refractivity contribution is -0.115. The number of carbonyl (C=O) groups excluding carboxylic acids is 3. The van der Waals surface area contributed by atoms with Crippen molar-refractivity contribution in [2.24, 2.45) is 0 Å². The molecule has 0 bridgehead atoms. The molecular weight excluding hydrogens is 561 g/mol. The highest BCUT2D eigenvalue weighted by Gasteiger charge is 2.17. The number of rotatable bonds is 9. The first-order valence-corrected chi connectivity index (χ1v) is 14.4. The molecule has 0 aromatic heterocycles. The van der Waals surface area contributed by atoms with Crippen LogP contribution in [-0.2, 0) is 9.59 Å². The van der Waals surface area contributed by atoms with Gasteiger partial charge in [-0.3, -0.25) is 14.4 Å². The van der Waals surface area contributed by atoms with Gasteiger partial charge in [-0.15, -0.1) is 11.8 Å². The van der Waals surface area contributed by atoms with Gasteiger partial charge >= 0.3 is 0 Å². The minimum atomic E-state index is -0.558. The Labute approximate surface area is 253 Å². The summed E-state index contributed by atoms with van der Waals surface area (Å²) in [5.41, 5.74) is 2.11. The van der Waals surface area contributed by atoms with Crippen molar-refractivity contribution in [3.05, 3.63) is 144 Å². The second kappa shape index (κ2) is 13.6. The van der Waals surface area contributed by atoms with E-state index in [2.05, 4.69) is 16.0 Å². The molecule has 0 aliphatic carbocycles. The second-order valence-electron chi connectivity index (χ2n) is 9.72. The zero-order chi connectivity index (χ0) is 30.2. The Morgan fingerprint density at radius 2 is 1.42 bits per heavy atom. The van der Waals surface area contributed by atoms with E-state index in [0.29, 0.717) is 16.8 Å². The molecule has 0 spiro atoms. The maximum absolute atomic E-state index is 13.4. The highest BCUT2D eigenvalue weighted by Crippen LogP contribution is 2.27. The van der Waals surface area contributed by atoms with Gasteiger partial charge in [0.1, 0.15) is 11.5 Å². The van der Waals surface area contributed by atoms with Crippen LogP contribution in [0.4, 0.5) is 15.8 Å². The van der Waals surface area contributed by atoms with E-state index in [1.807, 2.05) is 55.5 Å². The first-order chi connectivity index (χ1) is 20.8. The van der Waals surface area contributed by atoms with Crippen LogP contribution in [0, 0.1) is 5.82 Å². The molecule has 0 aliphatic rings. The van der Waals surface area contributed by atoms with E-state index in [1.165, 1.54) is 42.1 Å². The number of thioether (sulfide) groups is 1. The number of nitrogens with one attached hydrogen (secondary N) is 3. The molecule has 0 heterocycles. The molecule has 214 valence electrons. The van der Waals surface area contributed by atoms with Crippen LogP contribution >= 0.6 is 11.8 Å². The average Bonchev–Trinajstić information content (AvgIpc) is 3.02. The van der Waals surface area contributed by atoms with Crippen LogP contribution in [0.2, 0.25) is 0 Å². The Morgan fingerprint density at radius 3 is 2.19 bits per heavy atom. The molecule has 1 atom stereocenters. The van der Waals surface area contributed by atoms with E-state index in [0.717, 1.165) is 21.4 Å². The summed E-state index contributed by atoms with van der Waals surface area (Å²) in [6, 6.07) is 34.9. The molecule has 43 heavy (non-hydrogen) atoms. The van der Waals surface area contributed by atoms with Gasteiger partial charge < -0.3 is 16.0 Å². The van der Waals surface area contributed by atoms with Crippen molar-refractivity contribution in [2.75, 3.05) is 10.6 Å². The van der Waals surface area contributed by atoms with Crippen LogP contribution in [-0.4, -0.2) is 23.0 Å². The molecule has 3 N–H and O–H groups in total. The molecule has 0 radical (unpaired) electrons. The van der Waals surface area contributed by atoms with E-state index in [4.69, 9.17) is 0 Å². The minimum absolute atomic E-state index is 0.0124. The first kappa shape index (κ1) is 29.3. The summed E-state index contributed by atoms with van der Waals surface area (Å²) in [5.74, 6) is -1.58. The van der Waals surface area contributed by atoms with Gasteiger partial charge in [0.2, 0.25) is 5.91 Å². The Morgan fingerprint density at radius 1 is 0.721 bits per heavy atom. The third kappa shape index (κ3) is 7.96. The quantitative estimate of drug-likeness (QED) is 0.123. The predicted molar refractivity (Wildman–Crippen MR) is 171 cm³/mol. The topological polar surface area (TPSA) is 87.3 Å². The van der Waals surface area contributed by atoms with Crippen LogP contribution in [0.25, 0.3) is 16.8 Å². The summed E-state index contributed by atoms with van der Waals surface area (Å²) in [5, 5.41) is 10.2. The van der Waals surface area contributed by atoms with Crippen molar-refractivity contribution in [1.82, 2.24) is 5.32 Å². The lowest BCUT2D eigenvalue weighted by Crippen LogP contribution is -2.30. The molecule has 0 saturated heterocycles. The van der Waals surface area contributed by atoms with E-state index in [9.17, 15) is 18.8 Å². The molecule has 6 nitrogen and oxygen atoms in total. The Hall–Kier alpha value is -5.21. The zero-order valence-corrected chi connectivity index (χ0v) is 24.0. The number of carbonyl (C=O) groups is 3. The highest BCUT2D eigenvalue weighted by atomic mass is 32.2. The smallest absolute Gasteiger partial charge is 0.272 e. The highest BCUT2D eigenvalue weighted by molar-refractivity contribution is 8.00. The molecule has 0 fully saturated rings. The van der Waals surface area contributed by atoms with E-state index in [1.54, 1.807) is 48.5 Å². The third-order valence-electron chi connectivity index (χ3n) is 6.50. The Balaban J connectivity index is 1.27. The van der Waals surface area contributed by atoms with Gasteiger partial charge in [0.15, 0.2) is 0 Å². The average molecular weight is 590 g/mol. The van der Waals surface area contributed by atoms with Crippen molar-refractivity contribution < 1.29 is 18.8 Å². The van der Waals surface area contributed by atoms with Crippen molar-refractivity contribution in [2.45, 2.75) is 17.1 Å². The fourth-order valence-electron chi connectivity index (χ4n) is 4.28. The van der Waals surface area contributed by atoms with Gasteiger partial charge in [-0.25, -0.2) is 4.39 Å². The summed E-state index contributed by atoms with van der Waals surface area (Å²) in [6.45, 7) is 1.81. The number of amides is 3. The van der Waals surface area contributed by atoms with Crippen molar-refractivity contribution in [1.29, 1.82) is 0 Å². The molecule has 8 heteroatoms. The van der Waals surface area contributed by atoms with Crippen molar-refractivity contribution >= 4 is 57.7 Å².